The van der Waals surface area contributed by atoms with E-state index >= 15 is 0 Å². The van der Waals surface area contributed by atoms with Crippen LogP contribution in [0.2, 0.25) is 0 Å². The van der Waals surface area contributed by atoms with Crippen LogP contribution in [0.4, 0.5) is 5.69 Å². The van der Waals surface area contributed by atoms with E-state index in [9.17, 15) is 18.3 Å². The number of benzene rings is 2. The van der Waals surface area contributed by atoms with E-state index in [1.807, 2.05) is 0 Å². The van der Waals surface area contributed by atoms with Gasteiger partial charge in [-0.25, -0.2) is 15.3 Å². The summed E-state index contributed by atoms with van der Waals surface area (Å²) >= 11 is 0. The first-order chi connectivity index (χ1) is 11.4. The highest BCUT2D eigenvalue weighted by molar-refractivity contribution is 7.86. The van der Waals surface area contributed by atoms with E-state index in [2.05, 4.69) is 14.0 Å². The molecule has 0 aliphatic heterocycles. The normalized spacial score (nSPS) is 11.8. The number of carbonyl (C=O) groups is 1. The van der Waals surface area contributed by atoms with Crippen molar-refractivity contribution in [3.05, 3.63) is 60.2 Å². The number of rotatable bonds is 5. The van der Waals surface area contributed by atoms with Crippen LogP contribution in [0.3, 0.4) is 0 Å². The maximum Gasteiger partial charge on any atom is 0.340 e. The molecular weight excluding hydrogens is 336 g/mol. The van der Waals surface area contributed by atoms with Gasteiger partial charge in [-0.3, -0.25) is 0 Å². The zero-order valence-electron chi connectivity index (χ0n) is 12.5. The largest absolute Gasteiger partial charge is 0.844 e. The van der Waals surface area contributed by atoms with Gasteiger partial charge in [-0.05, 0) is 24.3 Å². The summed E-state index contributed by atoms with van der Waals surface area (Å²) in [5.41, 5.74) is 1.78. The number of carbonyl (C=O) groups excluding carboxylic acids is 1. The monoisotopic (exact) mass is 349 g/mol. The first-order valence-electron chi connectivity index (χ1n) is 6.61. The molecule has 0 bridgehead atoms. The third kappa shape index (κ3) is 4.31. The first kappa shape index (κ1) is 17.4. The molecule has 9 heteroatoms. The molecule has 24 heavy (non-hydrogen) atoms. The summed E-state index contributed by atoms with van der Waals surface area (Å²) in [6.45, 7) is 0. The zero-order valence-corrected chi connectivity index (χ0v) is 13.3. The molecule has 0 spiro atoms. The van der Waals surface area contributed by atoms with Gasteiger partial charge in [0.05, 0.1) is 29.3 Å². The Hall–Kier alpha value is -2.91. The summed E-state index contributed by atoms with van der Waals surface area (Å²) < 4.78 is 32.7. The van der Waals surface area contributed by atoms with Crippen LogP contribution < -0.4 is 10.6 Å². The molecule has 0 atom stereocenters. The second kappa shape index (κ2) is 7.57. The van der Waals surface area contributed by atoms with Crippen LogP contribution in [0.25, 0.3) is 0 Å². The molecular formula is C15H13N2O6S-. The second-order valence-electron chi connectivity index (χ2n) is 4.38. The number of nitrogens with zero attached hydrogens (tertiary/aromatic N) is 1. The van der Waals surface area contributed by atoms with Crippen LogP contribution in [0.15, 0.2) is 64.5 Å². The van der Waals surface area contributed by atoms with Crippen molar-refractivity contribution in [2.24, 2.45) is 4.99 Å². The van der Waals surface area contributed by atoms with Gasteiger partial charge in [0.2, 0.25) is 0 Å². The molecule has 0 amide bonds. The summed E-state index contributed by atoms with van der Waals surface area (Å²) in [4.78, 5) is 15.0. The van der Waals surface area contributed by atoms with Crippen molar-refractivity contribution in [2.75, 3.05) is 7.11 Å². The van der Waals surface area contributed by atoms with Gasteiger partial charge < -0.3 is 9.84 Å². The molecule has 1 N–H and O–H groups in total. The Morgan fingerprint density at radius 2 is 1.71 bits per heavy atom. The third-order valence-electron chi connectivity index (χ3n) is 2.80. The first-order valence-corrected chi connectivity index (χ1v) is 8.02. The van der Waals surface area contributed by atoms with Crippen molar-refractivity contribution in [1.82, 2.24) is 5.48 Å². The van der Waals surface area contributed by atoms with Crippen molar-refractivity contribution in [3.8, 4) is 0 Å². The van der Waals surface area contributed by atoms with Crippen molar-refractivity contribution < 1.29 is 27.3 Å². The summed E-state index contributed by atoms with van der Waals surface area (Å²) in [5.74, 6) is -0.681. The second-order valence-corrected chi connectivity index (χ2v) is 5.92. The number of aliphatic imine (C=N–C) groups is 1. The lowest BCUT2D eigenvalue weighted by Gasteiger charge is -2.13. The van der Waals surface area contributed by atoms with E-state index in [1.54, 1.807) is 23.7 Å². The molecule has 2 rings (SSSR count). The van der Waals surface area contributed by atoms with E-state index in [0.29, 0.717) is 0 Å². The van der Waals surface area contributed by atoms with E-state index in [-0.39, 0.29) is 16.1 Å². The predicted molar refractivity (Wildman–Crippen MR) is 82.7 cm³/mol. The number of amidine groups is 1. The van der Waals surface area contributed by atoms with Gasteiger partial charge in [0.15, 0.2) is 0 Å². The quantitative estimate of drug-likeness (QED) is 0.366. The molecule has 2 aromatic rings. The van der Waals surface area contributed by atoms with E-state index in [0.717, 1.165) is 0 Å². The number of para-hydroxylation sites is 1. The summed E-state index contributed by atoms with van der Waals surface area (Å²) in [7, 11) is -2.97. The van der Waals surface area contributed by atoms with Gasteiger partial charge in [-0.2, -0.15) is 8.42 Å². The topological polar surface area (TPSA) is 117 Å². The Morgan fingerprint density at radius 3 is 2.38 bits per heavy atom. The van der Waals surface area contributed by atoms with Crippen LogP contribution in [0, 0.1) is 0 Å². The number of methoxy groups -OCH3 is 1. The number of hydroxylamine groups is 1. The molecule has 126 valence electrons. The van der Waals surface area contributed by atoms with E-state index in [4.69, 9.17) is 0 Å². The van der Waals surface area contributed by atoms with Gasteiger partial charge in [0.1, 0.15) is 0 Å². The highest BCUT2D eigenvalue weighted by Crippen LogP contribution is 2.19. The summed E-state index contributed by atoms with van der Waals surface area (Å²) in [6, 6.07) is 12.1. The molecule has 0 fully saturated rings. The Balaban J connectivity index is 2.15. The Bertz CT molecular complexity index is 849. The third-order valence-corrected chi connectivity index (χ3v) is 3.95. The Kier molecular flexibility index (Phi) is 5.51. The lowest BCUT2D eigenvalue weighted by atomic mass is 10.2. The van der Waals surface area contributed by atoms with Crippen LogP contribution in [-0.4, -0.2) is 27.5 Å². The molecule has 0 saturated carbocycles. The van der Waals surface area contributed by atoms with Gasteiger partial charge in [0.25, 0.3) is 0 Å². The fraction of sp³-hybridized carbons (Fsp3) is 0.0667. The van der Waals surface area contributed by atoms with Gasteiger partial charge in [0, 0.05) is 0 Å². The lowest BCUT2D eigenvalue weighted by Crippen LogP contribution is -2.36. The van der Waals surface area contributed by atoms with Crippen LogP contribution in [0.5, 0.6) is 0 Å². The zero-order chi connectivity index (χ0) is 17.6. The van der Waals surface area contributed by atoms with E-state index in [1.165, 1.54) is 43.5 Å². The summed E-state index contributed by atoms with van der Waals surface area (Å²) in [5, 5.41) is 11.7. The molecule has 0 aliphatic carbocycles. The maximum absolute atomic E-state index is 11.9. The van der Waals surface area contributed by atoms with Crippen LogP contribution >= 0.6 is 0 Å². The number of nitrogens with one attached hydrogen (secondary N) is 1. The standard InChI is InChI=1S/C15H14N2O6S/c1-22-14(18)12-9-5-6-10-13(12)16-15(19)17-23-24(20,21)11-7-3-2-4-8-11/h2-10H,1H3,(H2,16,17,19)/p-1. The Morgan fingerprint density at radius 1 is 1.08 bits per heavy atom. The van der Waals surface area contributed by atoms with Crippen LogP contribution in [-0.2, 0) is 19.1 Å². The minimum atomic E-state index is -4.16. The van der Waals surface area contributed by atoms with Crippen molar-refractivity contribution >= 4 is 27.8 Å². The number of hydrogen-bond donors (Lipinski definition) is 1. The lowest BCUT2D eigenvalue weighted by molar-refractivity contribution is -0.228. The predicted octanol–water partition coefficient (Wildman–Crippen LogP) is 0.731. The minimum Gasteiger partial charge on any atom is -0.844 e. The van der Waals surface area contributed by atoms with Gasteiger partial charge in [-0.15, -0.1) is 4.28 Å². The molecule has 0 saturated heterocycles. The molecule has 0 aliphatic rings. The number of esters is 1. The average molecular weight is 349 g/mol. The molecule has 0 radical (unpaired) electrons. The van der Waals surface area contributed by atoms with Crippen molar-refractivity contribution in [3.63, 3.8) is 0 Å². The van der Waals surface area contributed by atoms with E-state index < -0.39 is 22.1 Å². The maximum atomic E-state index is 11.9. The fourth-order valence-electron chi connectivity index (χ4n) is 1.71. The summed E-state index contributed by atoms with van der Waals surface area (Å²) in [6.07, 6.45) is 0. The van der Waals surface area contributed by atoms with Crippen LogP contribution in [0.1, 0.15) is 10.4 Å². The number of ether oxygens (including phenoxy) is 1. The molecule has 8 nitrogen and oxygen atoms in total. The smallest absolute Gasteiger partial charge is 0.340 e. The van der Waals surface area contributed by atoms with Gasteiger partial charge >= 0.3 is 16.1 Å². The number of hydrogen-bond acceptors (Lipinski definition) is 7. The minimum absolute atomic E-state index is 0.0163. The fourth-order valence-corrected chi connectivity index (χ4v) is 2.48. The highest BCUT2D eigenvalue weighted by atomic mass is 32.2. The highest BCUT2D eigenvalue weighted by Gasteiger charge is 2.15. The SMILES string of the molecule is COC(=O)c1ccccc1N=C([O-])NOS(=O)(=O)c1ccccc1. The average Bonchev–Trinajstić information content (AvgIpc) is 2.60. The van der Waals surface area contributed by atoms with Crippen molar-refractivity contribution in [2.45, 2.75) is 4.90 Å². The van der Waals surface area contributed by atoms with Gasteiger partial charge in [-0.1, -0.05) is 30.3 Å². The molecule has 0 aromatic heterocycles. The van der Waals surface area contributed by atoms with Crippen molar-refractivity contribution in [1.29, 1.82) is 0 Å². The Labute approximate surface area is 138 Å². The molecule has 0 unspecified atom stereocenters. The molecule has 0 heterocycles. The molecule has 2 aromatic carbocycles.